The molecular weight excluding hydrogens is 224 g/mol. The number of para-hydroxylation sites is 1. The van der Waals surface area contributed by atoms with Gasteiger partial charge >= 0.3 is 0 Å². The number of aromatic amines is 1. The summed E-state index contributed by atoms with van der Waals surface area (Å²) in [6.45, 7) is 6.30. The van der Waals surface area contributed by atoms with E-state index in [1.165, 1.54) is 0 Å². The van der Waals surface area contributed by atoms with E-state index in [1.807, 2.05) is 25.1 Å². The number of H-pyrrole nitrogens is 1. The number of anilines is 1. The molecule has 1 aromatic carbocycles. The summed E-state index contributed by atoms with van der Waals surface area (Å²) in [7, 11) is 0. The predicted molar refractivity (Wildman–Crippen MR) is 74.5 cm³/mol. The van der Waals surface area contributed by atoms with Crippen LogP contribution in [0, 0.1) is 6.92 Å². The van der Waals surface area contributed by atoms with Crippen LogP contribution in [0.3, 0.4) is 0 Å². The lowest BCUT2D eigenvalue weighted by Crippen LogP contribution is -2.17. The number of benzene rings is 1. The first-order chi connectivity index (χ1) is 8.74. The zero-order chi connectivity index (χ0) is 13.0. The standard InChI is InChI=1S/C14H20N4/c1-4-11(5-2)16-13-9-7-6-8-12(13)14-15-10(3)17-18-14/h6-9,11,16H,4-5H2,1-3H3,(H,15,17,18). The van der Waals surface area contributed by atoms with Crippen molar-refractivity contribution in [2.45, 2.75) is 39.7 Å². The molecule has 96 valence electrons. The highest BCUT2D eigenvalue weighted by Gasteiger charge is 2.11. The summed E-state index contributed by atoms with van der Waals surface area (Å²) < 4.78 is 0. The van der Waals surface area contributed by atoms with E-state index in [2.05, 4.69) is 40.4 Å². The second-order valence-electron chi connectivity index (χ2n) is 4.45. The van der Waals surface area contributed by atoms with Crippen LogP contribution in [-0.4, -0.2) is 21.2 Å². The third kappa shape index (κ3) is 2.70. The molecule has 0 saturated carbocycles. The van der Waals surface area contributed by atoms with Gasteiger partial charge in [-0.05, 0) is 31.9 Å². The zero-order valence-corrected chi connectivity index (χ0v) is 11.2. The maximum absolute atomic E-state index is 4.39. The van der Waals surface area contributed by atoms with Crippen molar-refractivity contribution in [1.82, 2.24) is 15.2 Å². The number of rotatable bonds is 5. The molecule has 1 aromatic heterocycles. The van der Waals surface area contributed by atoms with E-state index in [4.69, 9.17) is 0 Å². The van der Waals surface area contributed by atoms with Crippen LogP contribution in [0.2, 0.25) is 0 Å². The van der Waals surface area contributed by atoms with Crippen LogP contribution in [0.15, 0.2) is 24.3 Å². The Morgan fingerprint density at radius 3 is 2.56 bits per heavy atom. The van der Waals surface area contributed by atoms with E-state index in [9.17, 15) is 0 Å². The van der Waals surface area contributed by atoms with Crippen LogP contribution < -0.4 is 5.32 Å². The molecule has 1 heterocycles. The summed E-state index contributed by atoms with van der Waals surface area (Å²) in [4.78, 5) is 4.39. The first-order valence-corrected chi connectivity index (χ1v) is 6.49. The van der Waals surface area contributed by atoms with Crippen molar-refractivity contribution in [3.8, 4) is 11.4 Å². The van der Waals surface area contributed by atoms with E-state index in [1.54, 1.807) is 0 Å². The number of nitrogens with zero attached hydrogens (tertiary/aromatic N) is 2. The molecule has 0 amide bonds. The third-order valence-electron chi connectivity index (χ3n) is 3.11. The molecule has 0 saturated heterocycles. The van der Waals surface area contributed by atoms with Gasteiger partial charge in [0.15, 0.2) is 5.82 Å². The molecule has 0 atom stereocenters. The normalized spacial score (nSPS) is 10.9. The minimum absolute atomic E-state index is 0.492. The van der Waals surface area contributed by atoms with Crippen LogP contribution in [0.1, 0.15) is 32.5 Å². The Labute approximate surface area is 108 Å². The quantitative estimate of drug-likeness (QED) is 0.847. The summed E-state index contributed by atoms with van der Waals surface area (Å²) >= 11 is 0. The molecule has 0 spiro atoms. The van der Waals surface area contributed by atoms with Crippen LogP contribution in [-0.2, 0) is 0 Å². The van der Waals surface area contributed by atoms with Crippen molar-refractivity contribution in [3.63, 3.8) is 0 Å². The van der Waals surface area contributed by atoms with Gasteiger partial charge in [0.05, 0.1) is 0 Å². The average molecular weight is 244 g/mol. The maximum atomic E-state index is 4.39. The Morgan fingerprint density at radius 1 is 1.22 bits per heavy atom. The topological polar surface area (TPSA) is 53.6 Å². The average Bonchev–Trinajstić information content (AvgIpc) is 2.83. The Balaban J connectivity index is 2.31. The Kier molecular flexibility index (Phi) is 3.97. The van der Waals surface area contributed by atoms with E-state index < -0.39 is 0 Å². The van der Waals surface area contributed by atoms with Crippen molar-refractivity contribution in [3.05, 3.63) is 30.1 Å². The highest BCUT2D eigenvalue weighted by molar-refractivity contribution is 5.73. The zero-order valence-electron chi connectivity index (χ0n) is 11.2. The molecule has 18 heavy (non-hydrogen) atoms. The van der Waals surface area contributed by atoms with Crippen molar-refractivity contribution < 1.29 is 0 Å². The van der Waals surface area contributed by atoms with Gasteiger partial charge in [0.1, 0.15) is 5.82 Å². The van der Waals surface area contributed by atoms with Gasteiger partial charge < -0.3 is 5.32 Å². The van der Waals surface area contributed by atoms with Gasteiger partial charge in [-0.1, -0.05) is 26.0 Å². The van der Waals surface area contributed by atoms with Crippen LogP contribution in [0.4, 0.5) is 5.69 Å². The fraction of sp³-hybridized carbons (Fsp3) is 0.429. The fourth-order valence-corrected chi connectivity index (χ4v) is 1.98. The van der Waals surface area contributed by atoms with Gasteiger partial charge in [-0.3, -0.25) is 5.10 Å². The number of aryl methyl sites for hydroxylation is 1. The number of aromatic nitrogens is 3. The van der Waals surface area contributed by atoms with Gasteiger partial charge in [0.2, 0.25) is 0 Å². The second-order valence-corrected chi connectivity index (χ2v) is 4.45. The molecule has 0 aliphatic heterocycles. The number of hydrogen-bond acceptors (Lipinski definition) is 3. The minimum Gasteiger partial charge on any atom is -0.382 e. The molecule has 2 aromatic rings. The van der Waals surface area contributed by atoms with Gasteiger partial charge in [0.25, 0.3) is 0 Å². The Morgan fingerprint density at radius 2 is 1.94 bits per heavy atom. The minimum atomic E-state index is 0.492. The largest absolute Gasteiger partial charge is 0.382 e. The monoisotopic (exact) mass is 244 g/mol. The molecule has 0 radical (unpaired) electrons. The van der Waals surface area contributed by atoms with E-state index in [-0.39, 0.29) is 0 Å². The summed E-state index contributed by atoms with van der Waals surface area (Å²) in [5, 5.41) is 10.7. The second kappa shape index (κ2) is 5.67. The van der Waals surface area contributed by atoms with Crippen molar-refractivity contribution in [2.75, 3.05) is 5.32 Å². The van der Waals surface area contributed by atoms with Crippen molar-refractivity contribution >= 4 is 5.69 Å². The van der Waals surface area contributed by atoms with Gasteiger partial charge in [-0.25, -0.2) is 4.98 Å². The van der Waals surface area contributed by atoms with Crippen LogP contribution >= 0.6 is 0 Å². The van der Waals surface area contributed by atoms with Gasteiger partial charge in [0, 0.05) is 17.3 Å². The highest BCUT2D eigenvalue weighted by Crippen LogP contribution is 2.26. The molecule has 0 fully saturated rings. The lowest BCUT2D eigenvalue weighted by atomic mass is 10.1. The molecule has 0 unspecified atom stereocenters. The summed E-state index contributed by atoms with van der Waals surface area (Å²) in [6, 6.07) is 8.67. The van der Waals surface area contributed by atoms with Gasteiger partial charge in [-0.2, -0.15) is 5.10 Å². The highest BCUT2D eigenvalue weighted by atomic mass is 15.2. The molecular formula is C14H20N4. The Hall–Kier alpha value is -1.84. The predicted octanol–water partition coefficient (Wildman–Crippen LogP) is 3.38. The van der Waals surface area contributed by atoms with E-state index in [0.717, 1.165) is 35.7 Å². The van der Waals surface area contributed by atoms with Crippen LogP contribution in [0.25, 0.3) is 11.4 Å². The lowest BCUT2D eigenvalue weighted by Gasteiger charge is -2.18. The van der Waals surface area contributed by atoms with E-state index >= 15 is 0 Å². The number of nitrogens with one attached hydrogen (secondary N) is 2. The SMILES string of the molecule is CCC(CC)Nc1ccccc1-c1n[nH]c(C)n1. The smallest absolute Gasteiger partial charge is 0.183 e. The Bertz CT molecular complexity index is 500. The molecule has 0 aliphatic rings. The molecule has 2 rings (SSSR count). The first-order valence-electron chi connectivity index (χ1n) is 6.49. The van der Waals surface area contributed by atoms with Crippen LogP contribution in [0.5, 0.6) is 0 Å². The molecule has 0 bridgehead atoms. The maximum Gasteiger partial charge on any atom is 0.183 e. The third-order valence-corrected chi connectivity index (χ3v) is 3.11. The van der Waals surface area contributed by atoms with Crippen molar-refractivity contribution in [2.24, 2.45) is 0 Å². The number of hydrogen-bond donors (Lipinski definition) is 2. The van der Waals surface area contributed by atoms with Gasteiger partial charge in [-0.15, -0.1) is 0 Å². The molecule has 4 heteroatoms. The molecule has 4 nitrogen and oxygen atoms in total. The lowest BCUT2D eigenvalue weighted by molar-refractivity contribution is 0.672. The van der Waals surface area contributed by atoms with E-state index in [0.29, 0.717) is 6.04 Å². The fourth-order valence-electron chi connectivity index (χ4n) is 1.98. The molecule has 2 N–H and O–H groups in total. The first kappa shape index (κ1) is 12.6. The van der Waals surface area contributed by atoms with Crippen molar-refractivity contribution in [1.29, 1.82) is 0 Å². The molecule has 0 aliphatic carbocycles. The summed E-state index contributed by atoms with van der Waals surface area (Å²) in [5.41, 5.74) is 2.15. The summed E-state index contributed by atoms with van der Waals surface area (Å²) in [6.07, 6.45) is 2.22. The summed E-state index contributed by atoms with van der Waals surface area (Å²) in [5.74, 6) is 1.59.